The van der Waals surface area contributed by atoms with Crippen molar-refractivity contribution < 1.29 is 24.2 Å². The Morgan fingerprint density at radius 2 is 1.61 bits per heavy atom. The molecular formula is C26H30N2O5. The molecule has 7 nitrogen and oxygen atoms in total. The summed E-state index contributed by atoms with van der Waals surface area (Å²) in [5.41, 5.74) is 4.67. The average molecular weight is 451 g/mol. The van der Waals surface area contributed by atoms with Crippen LogP contribution in [0.4, 0.5) is 4.79 Å². The van der Waals surface area contributed by atoms with Gasteiger partial charge in [0.25, 0.3) is 0 Å². The average Bonchev–Trinajstić information content (AvgIpc) is 3.12. The van der Waals surface area contributed by atoms with E-state index in [2.05, 4.69) is 34.9 Å². The summed E-state index contributed by atoms with van der Waals surface area (Å²) in [7, 11) is 0. The smallest absolute Gasteiger partial charge is 0.407 e. The van der Waals surface area contributed by atoms with Gasteiger partial charge in [0.2, 0.25) is 5.91 Å². The van der Waals surface area contributed by atoms with E-state index >= 15 is 0 Å². The Balaban J connectivity index is 1.35. The van der Waals surface area contributed by atoms with Crippen LogP contribution in [0.25, 0.3) is 11.1 Å². The largest absolute Gasteiger partial charge is 0.480 e. The van der Waals surface area contributed by atoms with Gasteiger partial charge in [-0.25, -0.2) is 4.79 Å². The van der Waals surface area contributed by atoms with Crippen LogP contribution in [-0.2, 0) is 14.3 Å². The molecule has 1 saturated carbocycles. The molecule has 3 N–H and O–H groups in total. The molecule has 2 aromatic carbocycles. The van der Waals surface area contributed by atoms with E-state index in [9.17, 15) is 14.4 Å². The highest BCUT2D eigenvalue weighted by Gasteiger charge is 2.32. The zero-order valence-electron chi connectivity index (χ0n) is 18.8. The van der Waals surface area contributed by atoms with Crippen LogP contribution < -0.4 is 10.6 Å². The van der Waals surface area contributed by atoms with Gasteiger partial charge >= 0.3 is 12.1 Å². The first kappa shape index (κ1) is 22.8. The molecule has 3 atom stereocenters. The molecule has 0 saturated heterocycles. The lowest BCUT2D eigenvalue weighted by atomic mass is 9.82. The van der Waals surface area contributed by atoms with Crippen molar-refractivity contribution in [1.29, 1.82) is 0 Å². The van der Waals surface area contributed by atoms with Gasteiger partial charge in [-0.05, 0) is 47.9 Å². The zero-order chi connectivity index (χ0) is 23.4. The van der Waals surface area contributed by atoms with Gasteiger partial charge < -0.3 is 20.5 Å². The second-order valence-corrected chi connectivity index (χ2v) is 8.95. The Hall–Kier alpha value is -3.35. The SMILES string of the molecule is CC(NC(=O)CC1CCCCC1NC(=O)OCC1c2ccccc2-c2ccccc21)C(=O)O. The van der Waals surface area contributed by atoms with E-state index in [-0.39, 0.29) is 36.8 Å². The van der Waals surface area contributed by atoms with Crippen molar-refractivity contribution in [2.45, 2.75) is 57.0 Å². The number of carboxylic acid groups (broad SMARTS) is 1. The monoisotopic (exact) mass is 450 g/mol. The lowest BCUT2D eigenvalue weighted by Crippen LogP contribution is -2.45. The molecule has 7 heteroatoms. The van der Waals surface area contributed by atoms with Crippen molar-refractivity contribution in [3.8, 4) is 11.1 Å². The summed E-state index contributed by atoms with van der Waals surface area (Å²) >= 11 is 0. The normalized spacial score (nSPS) is 20.3. The third kappa shape index (κ3) is 5.18. The minimum Gasteiger partial charge on any atom is -0.480 e. The predicted molar refractivity (Wildman–Crippen MR) is 124 cm³/mol. The summed E-state index contributed by atoms with van der Waals surface area (Å²) in [6.07, 6.45) is 3.24. The van der Waals surface area contributed by atoms with Crippen LogP contribution in [0.5, 0.6) is 0 Å². The number of fused-ring (bicyclic) bond motifs is 3. The molecule has 2 aliphatic rings. The second kappa shape index (κ2) is 10.1. The first-order valence-corrected chi connectivity index (χ1v) is 11.6. The molecule has 0 spiro atoms. The van der Waals surface area contributed by atoms with E-state index < -0.39 is 18.1 Å². The van der Waals surface area contributed by atoms with Gasteiger partial charge in [0, 0.05) is 18.4 Å². The number of aliphatic carboxylic acids is 1. The summed E-state index contributed by atoms with van der Waals surface area (Å²) < 4.78 is 5.66. The molecule has 0 aromatic heterocycles. The van der Waals surface area contributed by atoms with Crippen LogP contribution in [0.15, 0.2) is 48.5 Å². The number of benzene rings is 2. The van der Waals surface area contributed by atoms with Crippen LogP contribution >= 0.6 is 0 Å². The van der Waals surface area contributed by atoms with Crippen molar-refractivity contribution in [3.63, 3.8) is 0 Å². The fourth-order valence-corrected chi connectivity index (χ4v) is 5.03. The van der Waals surface area contributed by atoms with E-state index in [4.69, 9.17) is 9.84 Å². The van der Waals surface area contributed by atoms with Crippen LogP contribution in [0.3, 0.4) is 0 Å². The van der Waals surface area contributed by atoms with Crippen LogP contribution in [-0.4, -0.2) is 41.8 Å². The molecule has 0 heterocycles. The minimum absolute atomic E-state index is 0.00594. The maximum atomic E-state index is 12.7. The maximum absolute atomic E-state index is 12.7. The lowest BCUT2D eigenvalue weighted by molar-refractivity contribution is -0.141. The van der Waals surface area contributed by atoms with Gasteiger partial charge in [-0.1, -0.05) is 61.4 Å². The second-order valence-electron chi connectivity index (χ2n) is 8.95. The number of carbonyl (C=O) groups is 3. The van der Waals surface area contributed by atoms with Crippen molar-refractivity contribution in [2.24, 2.45) is 5.92 Å². The first-order valence-electron chi connectivity index (χ1n) is 11.6. The number of hydrogen-bond donors (Lipinski definition) is 3. The highest BCUT2D eigenvalue weighted by atomic mass is 16.5. The van der Waals surface area contributed by atoms with Gasteiger partial charge in [0.1, 0.15) is 12.6 Å². The molecule has 4 rings (SSSR count). The fraction of sp³-hybridized carbons (Fsp3) is 0.423. The molecule has 2 aromatic rings. The Morgan fingerprint density at radius 3 is 2.24 bits per heavy atom. The molecular weight excluding hydrogens is 420 g/mol. The molecule has 33 heavy (non-hydrogen) atoms. The van der Waals surface area contributed by atoms with Crippen LogP contribution in [0.2, 0.25) is 0 Å². The molecule has 2 aliphatic carbocycles. The Bertz CT molecular complexity index is 991. The van der Waals surface area contributed by atoms with E-state index in [0.29, 0.717) is 0 Å². The first-order chi connectivity index (χ1) is 15.9. The molecule has 174 valence electrons. The van der Waals surface area contributed by atoms with E-state index in [1.165, 1.54) is 18.1 Å². The number of carboxylic acids is 1. The zero-order valence-corrected chi connectivity index (χ0v) is 18.8. The number of alkyl carbamates (subject to hydrolysis) is 1. The molecule has 0 radical (unpaired) electrons. The Kier molecular flexibility index (Phi) is 6.96. The van der Waals surface area contributed by atoms with Gasteiger partial charge in [0.05, 0.1) is 0 Å². The molecule has 2 amide bonds. The molecule has 3 unspecified atom stereocenters. The van der Waals surface area contributed by atoms with Gasteiger partial charge in [0.15, 0.2) is 0 Å². The predicted octanol–water partition coefficient (Wildman–Crippen LogP) is 4.06. The van der Waals surface area contributed by atoms with Crippen LogP contribution in [0, 0.1) is 5.92 Å². The third-order valence-corrected chi connectivity index (χ3v) is 6.75. The summed E-state index contributed by atoms with van der Waals surface area (Å²) in [4.78, 5) is 35.9. The van der Waals surface area contributed by atoms with Crippen molar-refractivity contribution in [1.82, 2.24) is 10.6 Å². The molecule has 0 aliphatic heterocycles. The van der Waals surface area contributed by atoms with Crippen molar-refractivity contribution in [3.05, 3.63) is 59.7 Å². The number of ether oxygens (including phenoxy) is 1. The number of rotatable bonds is 7. The highest BCUT2D eigenvalue weighted by Crippen LogP contribution is 2.44. The maximum Gasteiger partial charge on any atom is 0.407 e. The van der Waals surface area contributed by atoms with Gasteiger partial charge in [-0.3, -0.25) is 9.59 Å². The highest BCUT2D eigenvalue weighted by molar-refractivity contribution is 5.83. The molecule has 1 fully saturated rings. The van der Waals surface area contributed by atoms with E-state index in [0.717, 1.165) is 36.8 Å². The van der Waals surface area contributed by atoms with Gasteiger partial charge in [-0.15, -0.1) is 0 Å². The van der Waals surface area contributed by atoms with E-state index in [1.807, 2.05) is 24.3 Å². The quantitative estimate of drug-likeness (QED) is 0.590. The number of amides is 2. The number of carbonyl (C=O) groups excluding carboxylic acids is 2. The summed E-state index contributed by atoms with van der Waals surface area (Å²) in [6.45, 7) is 1.68. The van der Waals surface area contributed by atoms with Crippen molar-refractivity contribution in [2.75, 3.05) is 6.61 Å². The minimum atomic E-state index is -1.07. The number of nitrogens with one attached hydrogen (secondary N) is 2. The fourth-order valence-electron chi connectivity index (χ4n) is 5.03. The topological polar surface area (TPSA) is 105 Å². The van der Waals surface area contributed by atoms with Crippen molar-refractivity contribution >= 4 is 18.0 Å². The molecule has 0 bridgehead atoms. The lowest BCUT2D eigenvalue weighted by Gasteiger charge is -2.31. The third-order valence-electron chi connectivity index (χ3n) is 6.75. The standard InChI is InChI=1S/C26H30N2O5/c1-16(25(30)31)27-24(29)14-17-8-2-7-13-23(17)28-26(32)33-15-22-20-11-5-3-9-18(20)19-10-4-6-12-21(19)22/h3-6,9-12,16-17,22-23H,2,7-8,13-15H2,1H3,(H,27,29)(H,28,32)(H,30,31). The number of hydrogen-bond acceptors (Lipinski definition) is 4. The Morgan fingerprint density at radius 1 is 1.00 bits per heavy atom. The van der Waals surface area contributed by atoms with Gasteiger partial charge in [-0.2, -0.15) is 0 Å². The summed E-state index contributed by atoms with van der Waals surface area (Å²) in [5.74, 6) is -1.43. The Labute approximate surface area is 193 Å². The van der Waals surface area contributed by atoms with E-state index in [1.54, 1.807) is 0 Å². The summed E-state index contributed by atoms with van der Waals surface area (Å²) in [5, 5.41) is 14.5. The summed E-state index contributed by atoms with van der Waals surface area (Å²) in [6, 6.07) is 15.3. The van der Waals surface area contributed by atoms with Crippen LogP contribution in [0.1, 0.15) is 56.1 Å².